The van der Waals surface area contributed by atoms with Crippen molar-refractivity contribution in [2.45, 2.75) is 45.7 Å². The van der Waals surface area contributed by atoms with Gasteiger partial charge in [-0.15, -0.1) is 0 Å². The number of aryl methyl sites for hydroxylation is 2. The van der Waals surface area contributed by atoms with Crippen molar-refractivity contribution in [2.24, 2.45) is 23.8 Å². The van der Waals surface area contributed by atoms with E-state index in [1.165, 1.54) is 0 Å². The van der Waals surface area contributed by atoms with Gasteiger partial charge < -0.3 is 20.1 Å². The van der Waals surface area contributed by atoms with E-state index in [0.717, 1.165) is 22.5 Å². The van der Waals surface area contributed by atoms with Crippen LogP contribution in [-0.2, 0) is 28.0 Å². The number of nitrogens with one attached hydrogen (secondary N) is 1. The summed E-state index contributed by atoms with van der Waals surface area (Å²) in [5.41, 5.74) is 1.79. The van der Waals surface area contributed by atoms with Crippen LogP contribution in [0.2, 0.25) is 0 Å². The van der Waals surface area contributed by atoms with Gasteiger partial charge >= 0.3 is 29.6 Å². The molecule has 4 atom stereocenters. The van der Waals surface area contributed by atoms with Crippen molar-refractivity contribution in [1.29, 1.82) is 0 Å². The normalized spacial score (nSPS) is 29.0. The monoisotopic (exact) mass is 515 g/mol. The molecule has 1 aromatic heterocycles. The zero-order valence-corrected chi connectivity index (χ0v) is 24.4. The van der Waals surface area contributed by atoms with Crippen molar-refractivity contribution in [1.82, 2.24) is 24.9 Å². The van der Waals surface area contributed by atoms with Crippen LogP contribution in [0.5, 0.6) is 0 Å². The molecule has 9 nitrogen and oxygen atoms in total. The zero-order chi connectivity index (χ0) is 25.8. The first-order valence-corrected chi connectivity index (χ1v) is 12.6. The van der Waals surface area contributed by atoms with Gasteiger partial charge in [0.2, 0.25) is 11.8 Å². The largest absolute Gasteiger partial charge is 1.00 e. The Morgan fingerprint density at radius 3 is 2.32 bits per heavy atom. The van der Waals surface area contributed by atoms with Crippen LogP contribution in [0.15, 0.2) is 30.3 Å². The molecule has 0 bridgehead atoms. The smallest absolute Gasteiger partial charge is 0.549 e. The van der Waals surface area contributed by atoms with Crippen LogP contribution in [0.1, 0.15) is 47.8 Å². The number of carboxylic acid groups (broad SMARTS) is 1. The molecule has 0 radical (unpaired) electrons. The van der Waals surface area contributed by atoms with Gasteiger partial charge in [-0.25, -0.2) is 0 Å². The number of carbonyl (C=O) groups is 3. The summed E-state index contributed by atoms with van der Waals surface area (Å²) in [6, 6.07) is 9.69. The number of carboxylic acids is 1. The molecule has 37 heavy (non-hydrogen) atoms. The van der Waals surface area contributed by atoms with Crippen molar-refractivity contribution in [3.8, 4) is 0 Å². The first-order valence-electron chi connectivity index (χ1n) is 12.6. The maximum atomic E-state index is 13.7. The van der Waals surface area contributed by atoms with E-state index in [-0.39, 0.29) is 53.3 Å². The van der Waals surface area contributed by atoms with Crippen molar-refractivity contribution >= 4 is 17.8 Å². The topological polar surface area (TPSA) is 111 Å². The molecule has 2 aliphatic heterocycles. The third-order valence-electron chi connectivity index (χ3n) is 9.04. The van der Waals surface area contributed by atoms with E-state index in [1.54, 1.807) is 11.9 Å². The average molecular weight is 516 g/mol. The van der Waals surface area contributed by atoms with Crippen molar-refractivity contribution in [3.63, 3.8) is 0 Å². The summed E-state index contributed by atoms with van der Waals surface area (Å²) >= 11 is 0. The molecule has 2 saturated heterocycles. The molecular formula is C27H34N5NaO4. The number of aromatic nitrogens is 2. The molecule has 1 saturated carbocycles. The van der Waals surface area contributed by atoms with Crippen LogP contribution >= 0.6 is 0 Å². The van der Waals surface area contributed by atoms with E-state index in [4.69, 9.17) is 0 Å². The average Bonchev–Trinajstić information content (AvgIpc) is 3.34. The molecule has 1 aliphatic carbocycles. The quantitative estimate of drug-likeness (QED) is 0.416. The van der Waals surface area contributed by atoms with Gasteiger partial charge in [-0.2, -0.15) is 5.10 Å². The van der Waals surface area contributed by atoms with E-state index >= 15 is 0 Å². The van der Waals surface area contributed by atoms with Gasteiger partial charge in [-0.1, -0.05) is 30.3 Å². The van der Waals surface area contributed by atoms with Crippen LogP contribution in [-0.4, -0.2) is 64.0 Å². The summed E-state index contributed by atoms with van der Waals surface area (Å²) in [6.45, 7) is 5.51. The van der Waals surface area contributed by atoms with Crippen molar-refractivity contribution in [2.75, 3.05) is 26.7 Å². The van der Waals surface area contributed by atoms with Crippen LogP contribution in [0, 0.1) is 30.6 Å². The Morgan fingerprint density at radius 1 is 1.11 bits per heavy atom. The maximum absolute atomic E-state index is 13.7. The van der Waals surface area contributed by atoms with Gasteiger partial charge in [-0.3, -0.25) is 19.2 Å². The Balaban J connectivity index is 0.00000320. The number of carbonyl (C=O) groups excluding carboxylic acids is 3. The number of rotatable bonds is 7. The number of benzene rings is 1. The van der Waals surface area contributed by atoms with Gasteiger partial charge in [0.15, 0.2) is 0 Å². The molecule has 0 spiro atoms. The molecule has 3 heterocycles. The number of aliphatic carboxylic acids is 1. The molecule has 1 N–H and O–H groups in total. The molecule has 0 unspecified atom stereocenters. The minimum Gasteiger partial charge on any atom is -0.549 e. The Labute approximate surface area is 239 Å². The Kier molecular flexibility index (Phi) is 7.65. The standard InChI is InChI=1S/C27H35N5O4.Na/c1-17-22(18(2)31(4)29-17)23-20(12-21(33)30(23)3)13-28-24(34)26-10-11-27(26,25(35)36)16-32(15-26)14-19-8-6-5-7-9-19;/h5-9,20,23H,10-16H2,1-4H3,(H,28,34)(H,35,36);/q;+1/p-1/t20-,23+,26-,27+;/m1./s1. The third-order valence-corrected chi connectivity index (χ3v) is 9.04. The Morgan fingerprint density at radius 2 is 1.76 bits per heavy atom. The maximum Gasteiger partial charge on any atom is 1.00 e. The predicted octanol–water partition coefficient (Wildman–Crippen LogP) is -2.29. The summed E-state index contributed by atoms with van der Waals surface area (Å²) in [5.74, 6) is -1.48. The number of hydrogen-bond donors (Lipinski definition) is 1. The van der Waals surface area contributed by atoms with Crippen molar-refractivity contribution < 1.29 is 49.0 Å². The number of fused-ring (bicyclic) bond motifs is 1. The van der Waals surface area contributed by atoms with Crippen LogP contribution < -0.4 is 40.0 Å². The van der Waals surface area contributed by atoms with Crippen LogP contribution in [0.25, 0.3) is 0 Å². The minimum atomic E-state index is -1.18. The fraction of sp³-hybridized carbons (Fsp3) is 0.556. The number of hydrogen-bond acceptors (Lipinski definition) is 6. The van der Waals surface area contributed by atoms with E-state index in [2.05, 4.69) is 15.3 Å². The van der Waals surface area contributed by atoms with Gasteiger partial charge in [0.05, 0.1) is 17.2 Å². The van der Waals surface area contributed by atoms with E-state index in [1.807, 2.05) is 55.9 Å². The van der Waals surface area contributed by atoms with Gasteiger partial charge in [0, 0.05) is 75.3 Å². The van der Waals surface area contributed by atoms with Crippen LogP contribution in [0.4, 0.5) is 0 Å². The number of likely N-dealkylation sites (tertiary alicyclic amines) is 2. The van der Waals surface area contributed by atoms with E-state index in [0.29, 0.717) is 45.4 Å². The SMILES string of the molecule is Cc1nn(C)c(C)c1[C@@H]1[C@@H](CNC(=O)[C@]23CC[C@@]2(C(=O)[O-])CN(Cc2ccccc2)C3)CC(=O)N1C.[Na+]. The van der Waals surface area contributed by atoms with E-state index < -0.39 is 16.8 Å². The van der Waals surface area contributed by atoms with Gasteiger partial charge in [-0.05, 0) is 32.3 Å². The summed E-state index contributed by atoms with van der Waals surface area (Å²) in [6.07, 6.45) is 1.29. The molecule has 192 valence electrons. The van der Waals surface area contributed by atoms with E-state index in [9.17, 15) is 19.5 Å². The van der Waals surface area contributed by atoms with Gasteiger partial charge in [0.1, 0.15) is 0 Å². The summed E-state index contributed by atoms with van der Waals surface area (Å²) in [4.78, 5) is 42.6. The molecular weight excluding hydrogens is 481 g/mol. The number of amides is 2. The third kappa shape index (κ3) is 4.33. The first-order chi connectivity index (χ1) is 17.1. The van der Waals surface area contributed by atoms with Crippen LogP contribution in [0.3, 0.4) is 0 Å². The predicted molar refractivity (Wildman–Crippen MR) is 130 cm³/mol. The molecule has 1 aromatic carbocycles. The molecule has 5 rings (SSSR count). The second-order valence-corrected chi connectivity index (χ2v) is 10.9. The Hall–Kier alpha value is -2.20. The second-order valence-electron chi connectivity index (χ2n) is 10.9. The molecule has 3 fully saturated rings. The second kappa shape index (κ2) is 10.2. The molecule has 2 amide bonds. The summed E-state index contributed by atoms with van der Waals surface area (Å²) in [5, 5.41) is 20.0. The Bertz CT molecular complexity index is 1220. The zero-order valence-electron chi connectivity index (χ0n) is 22.4. The summed E-state index contributed by atoms with van der Waals surface area (Å²) in [7, 11) is 3.68. The summed E-state index contributed by atoms with van der Waals surface area (Å²) < 4.78 is 1.82. The first kappa shape index (κ1) is 27.8. The van der Waals surface area contributed by atoms with Gasteiger partial charge in [0.25, 0.3) is 0 Å². The fourth-order valence-corrected chi connectivity index (χ4v) is 6.90. The molecule has 3 aliphatic rings. The molecule has 10 heteroatoms. The van der Waals surface area contributed by atoms with Crippen molar-refractivity contribution in [3.05, 3.63) is 52.8 Å². The minimum absolute atomic E-state index is 0. The molecule has 2 aromatic rings. The fourth-order valence-electron chi connectivity index (χ4n) is 6.90. The number of nitrogens with zero attached hydrogens (tertiary/aromatic N) is 4.